The molecule has 3 rings (SSSR count). The second kappa shape index (κ2) is 9.40. The molecule has 0 unspecified atom stereocenters. The van der Waals surface area contributed by atoms with Gasteiger partial charge in [-0.25, -0.2) is 12.8 Å². The lowest BCUT2D eigenvalue weighted by molar-refractivity contribution is -0.111. The molecule has 1 fully saturated rings. The molecule has 0 spiro atoms. The lowest BCUT2D eigenvalue weighted by Gasteiger charge is -2.30. The molecule has 30 heavy (non-hydrogen) atoms. The minimum absolute atomic E-state index is 0.0259. The average Bonchev–Trinajstić information content (AvgIpc) is 2.75. The number of nitrogens with zero attached hydrogens (tertiary/aromatic N) is 1. The molecule has 1 aliphatic carbocycles. The van der Waals surface area contributed by atoms with Crippen LogP contribution in [0, 0.1) is 5.82 Å². The summed E-state index contributed by atoms with van der Waals surface area (Å²) in [5, 5.41) is 11.8. The van der Waals surface area contributed by atoms with Crippen molar-refractivity contribution in [1.82, 2.24) is 4.31 Å². The number of hydrogen-bond donors (Lipinski definition) is 2. The number of phenolic OH excluding ortho intramolecular Hbond substituents is 1. The maximum Gasteiger partial charge on any atom is 0.248 e. The predicted octanol–water partition coefficient (Wildman–Crippen LogP) is 4.14. The highest BCUT2D eigenvalue weighted by Crippen LogP contribution is 2.27. The monoisotopic (exact) mass is 432 g/mol. The Kier molecular flexibility index (Phi) is 6.89. The van der Waals surface area contributed by atoms with Crippen molar-refractivity contribution in [3.63, 3.8) is 0 Å². The molecule has 0 bridgehead atoms. The standard InChI is InChI=1S/C22H25FN2O4S/c1-25(18-5-3-2-4-6-18)30(28,29)19-11-9-17(10-12-19)24-22(27)14-8-16-7-13-21(26)20(23)15-16/h7-15,18,26H,2-6H2,1H3,(H,24,27). The molecule has 1 saturated carbocycles. The number of carbonyl (C=O) groups excluding carboxylic acids is 1. The van der Waals surface area contributed by atoms with Crippen LogP contribution < -0.4 is 5.32 Å². The van der Waals surface area contributed by atoms with Crippen LogP contribution in [0.15, 0.2) is 53.4 Å². The molecule has 1 amide bonds. The van der Waals surface area contributed by atoms with Crippen LogP contribution in [0.5, 0.6) is 5.75 Å². The largest absolute Gasteiger partial charge is 0.505 e. The Morgan fingerprint density at radius 3 is 2.43 bits per heavy atom. The van der Waals surface area contributed by atoms with Gasteiger partial charge in [0.25, 0.3) is 0 Å². The Morgan fingerprint density at radius 1 is 1.13 bits per heavy atom. The number of nitrogens with one attached hydrogen (secondary N) is 1. The van der Waals surface area contributed by atoms with Crippen molar-refractivity contribution in [2.24, 2.45) is 0 Å². The van der Waals surface area contributed by atoms with E-state index in [4.69, 9.17) is 0 Å². The fourth-order valence-corrected chi connectivity index (χ4v) is 4.92. The molecule has 2 aromatic carbocycles. The van der Waals surface area contributed by atoms with E-state index >= 15 is 0 Å². The summed E-state index contributed by atoms with van der Waals surface area (Å²) in [6.07, 6.45) is 7.62. The smallest absolute Gasteiger partial charge is 0.248 e. The van der Waals surface area contributed by atoms with Crippen molar-refractivity contribution in [2.45, 2.75) is 43.0 Å². The van der Waals surface area contributed by atoms with Crippen molar-refractivity contribution in [1.29, 1.82) is 0 Å². The van der Waals surface area contributed by atoms with E-state index in [1.807, 2.05) is 0 Å². The molecule has 160 valence electrons. The number of halogens is 1. The maximum absolute atomic E-state index is 13.3. The van der Waals surface area contributed by atoms with Crippen LogP contribution in [-0.4, -0.2) is 36.8 Å². The van der Waals surface area contributed by atoms with Crippen molar-refractivity contribution in [2.75, 3.05) is 12.4 Å². The number of benzene rings is 2. The topological polar surface area (TPSA) is 86.7 Å². The van der Waals surface area contributed by atoms with Crippen LogP contribution in [0.2, 0.25) is 0 Å². The zero-order valence-electron chi connectivity index (χ0n) is 16.7. The Bertz CT molecular complexity index is 1030. The Balaban J connectivity index is 1.64. The molecular weight excluding hydrogens is 407 g/mol. The maximum atomic E-state index is 13.3. The molecule has 1 aliphatic rings. The van der Waals surface area contributed by atoms with Gasteiger partial charge in [-0.1, -0.05) is 25.3 Å². The molecule has 6 nitrogen and oxygen atoms in total. The third kappa shape index (κ3) is 5.25. The summed E-state index contributed by atoms with van der Waals surface area (Å²) < 4.78 is 40.5. The second-order valence-electron chi connectivity index (χ2n) is 7.37. The lowest BCUT2D eigenvalue weighted by Crippen LogP contribution is -2.38. The lowest BCUT2D eigenvalue weighted by atomic mass is 9.96. The molecule has 2 N–H and O–H groups in total. The van der Waals surface area contributed by atoms with E-state index in [-0.39, 0.29) is 10.9 Å². The first kappa shape index (κ1) is 22.0. The first-order valence-corrected chi connectivity index (χ1v) is 11.3. The molecule has 0 heterocycles. The summed E-state index contributed by atoms with van der Waals surface area (Å²) >= 11 is 0. The Morgan fingerprint density at radius 2 is 1.80 bits per heavy atom. The van der Waals surface area contributed by atoms with Crippen molar-refractivity contribution < 1.29 is 22.7 Å². The van der Waals surface area contributed by atoms with Gasteiger partial charge in [0.15, 0.2) is 11.6 Å². The number of carbonyl (C=O) groups is 1. The van der Waals surface area contributed by atoms with Gasteiger partial charge < -0.3 is 10.4 Å². The third-order valence-electron chi connectivity index (χ3n) is 5.29. The zero-order chi connectivity index (χ0) is 21.7. The number of rotatable bonds is 6. The van der Waals surface area contributed by atoms with Crippen molar-refractivity contribution >= 4 is 27.7 Å². The second-order valence-corrected chi connectivity index (χ2v) is 9.37. The van der Waals surface area contributed by atoms with E-state index in [0.29, 0.717) is 11.3 Å². The minimum atomic E-state index is -3.59. The molecular formula is C22H25FN2O4S. The summed E-state index contributed by atoms with van der Waals surface area (Å²) in [6, 6.07) is 9.84. The van der Waals surface area contributed by atoms with Gasteiger partial charge in [0, 0.05) is 24.9 Å². The van der Waals surface area contributed by atoms with E-state index in [1.54, 1.807) is 7.05 Å². The van der Waals surface area contributed by atoms with Gasteiger partial charge in [0.1, 0.15) is 0 Å². The van der Waals surface area contributed by atoms with Crippen LogP contribution in [-0.2, 0) is 14.8 Å². The molecule has 0 radical (unpaired) electrons. The van der Waals surface area contributed by atoms with Crippen LogP contribution in [0.1, 0.15) is 37.7 Å². The summed E-state index contributed by atoms with van der Waals surface area (Å²) in [5.74, 6) is -1.67. The number of phenols is 1. The highest BCUT2D eigenvalue weighted by molar-refractivity contribution is 7.89. The Labute approximate surface area is 176 Å². The summed E-state index contributed by atoms with van der Waals surface area (Å²) in [4.78, 5) is 12.3. The van der Waals surface area contributed by atoms with E-state index in [0.717, 1.165) is 38.2 Å². The van der Waals surface area contributed by atoms with Crippen LogP contribution in [0.25, 0.3) is 6.08 Å². The molecule has 0 aliphatic heterocycles. The first-order valence-electron chi connectivity index (χ1n) is 9.83. The number of amides is 1. The van der Waals surface area contributed by atoms with E-state index in [2.05, 4.69) is 5.32 Å². The average molecular weight is 433 g/mol. The SMILES string of the molecule is CN(C1CCCCC1)S(=O)(=O)c1ccc(NC(=O)C=Cc2ccc(O)c(F)c2)cc1. The molecule has 8 heteroatoms. The molecule has 2 aromatic rings. The van der Waals surface area contributed by atoms with Crippen LogP contribution >= 0.6 is 0 Å². The summed E-state index contributed by atoms with van der Waals surface area (Å²) in [6.45, 7) is 0. The highest BCUT2D eigenvalue weighted by Gasteiger charge is 2.28. The zero-order valence-corrected chi connectivity index (χ0v) is 17.5. The first-order chi connectivity index (χ1) is 14.3. The van der Waals surface area contributed by atoms with Gasteiger partial charge in [-0.2, -0.15) is 4.31 Å². The molecule has 0 atom stereocenters. The third-order valence-corrected chi connectivity index (χ3v) is 7.21. The van der Waals surface area contributed by atoms with Crippen molar-refractivity contribution in [3.8, 4) is 5.75 Å². The normalized spacial score (nSPS) is 15.6. The summed E-state index contributed by atoms with van der Waals surface area (Å²) in [5.41, 5.74) is 0.869. The highest BCUT2D eigenvalue weighted by atomic mass is 32.2. The van der Waals surface area contributed by atoms with Crippen molar-refractivity contribution in [3.05, 3.63) is 59.9 Å². The summed E-state index contributed by atoms with van der Waals surface area (Å²) in [7, 11) is -1.96. The Hall–Kier alpha value is -2.71. The van der Waals surface area contributed by atoms with Gasteiger partial charge >= 0.3 is 0 Å². The number of hydrogen-bond acceptors (Lipinski definition) is 4. The van der Waals surface area contributed by atoms with Gasteiger partial charge in [0.05, 0.1) is 4.90 Å². The predicted molar refractivity (Wildman–Crippen MR) is 114 cm³/mol. The van der Waals surface area contributed by atoms with E-state index in [1.165, 1.54) is 52.9 Å². The quantitative estimate of drug-likeness (QED) is 0.672. The molecule has 0 saturated heterocycles. The van der Waals surface area contributed by atoms with Gasteiger partial charge in [-0.3, -0.25) is 4.79 Å². The number of anilines is 1. The number of aromatic hydroxyl groups is 1. The fourth-order valence-electron chi connectivity index (χ4n) is 3.50. The van der Waals surface area contributed by atoms with Crippen LogP contribution in [0.4, 0.5) is 10.1 Å². The van der Waals surface area contributed by atoms with Gasteiger partial charge in [-0.05, 0) is 60.9 Å². The number of sulfonamides is 1. The van der Waals surface area contributed by atoms with E-state index < -0.39 is 27.5 Å². The molecule has 0 aromatic heterocycles. The fraction of sp³-hybridized carbons (Fsp3) is 0.318. The van der Waals surface area contributed by atoms with E-state index in [9.17, 15) is 22.7 Å². The van der Waals surface area contributed by atoms with Gasteiger partial charge in [0.2, 0.25) is 15.9 Å². The van der Waals surface area contributed by atoms with Gasteiger partial charge in [-0.15, -0.1) is 0 Å². The minimum Gasteiger partial charge on any atom is -0.505 e. The van der Waals surface area contributed by atoms with Crippen LogP contribution in [0.3, 0.4) is 0 Å².